The van der Waals surface area contributed by atoms with E-state index >= 15 is 0 Å². The minimum atomic E-state index is -0.275. The van der Waals surface area contributed by atoms with Crippen LogP contribution in [-0.2, 0) is 4.79 Å². The maximum absolute atomic E-state index is 11.8. The average molecular weight is 206 g/mol. The Balaban J connectivity index is 2.65. The van der Waals surface area contributed by atoms with E-state index in [0.717, 1.165) is 5.82 Å². The van der Waals surface area contributed by atoms with Gasteiger partial charge in [0.05, 0.1) is 0 Å². The number of aromatic nitrogens is 2. The number of Topliss-reactive ketones (excluding diaryl/α,β-unsaturated/α-hetero) is 1. The smallest absolute Gasteiger partial charge is 0.138 e. The van der Waals surface area contributed by atoms with Crippen molar-refractivity contribution in [3.63, 3.8) is 0 Å². The molecule has 1 aromatic rings. The number of ketones is 1. The topological polar surface area (TPSA) is 42.9 Å². The van der Waals surface area contributed by atoms with Crippen LogP contribution in [-0.4, -0.2) is 15.8 Å². The van der Waals surface area contributed by atoms with E-state index in [9.17, 15) is 4.79 Å². The van der Waals surface area contributed by atoms with Gasteiger partial charge in [0.1, 0.15) is 11.6 Å². The molecule has 0 saturated heterocycles. The molecule has 0 aliphatic carbocycles. The SMILES string of the molecule is CC(CC(=O)C(C)(C)C)c1ncccn1. The normalized spacial score (nSPS) is 13.6. The molecule has 0 saturated carbocycles. The second-order valence-corrected chi connectivity index (χ2v) is 4.89. The van der Waals surface area contributed by atoms with Gasteiger partial charge in [0.15, 0.2) is 0 Å². The van der Waals surface area contributed by atoms with Gasteiger partial charge < -0.3 is 0 Å². The highest BCUT2D eigenvalue weighted by atomic mass is 16.1. The fourth-order valence-corrected chi connectivity index (χ4v) is 1.24. The maximum atomic E-state index is 11.8. The van der Waals surface area contributed by atoms with Crippen molar-refractivity contribution in [2.45, 2.75) is 40.0 Å². The summed E-state index contributed by atoms with van der Waals surface area (Å²) < 4.78 is 0. The van der Waals surface area contributed by atoms with Crippen molar-refractivity contribution < 1.29 is 4.79 Å². The van der Waals surface area contributed by atoms with E-state index in [1.165, 1.54) is 0 Å². The molecule has 1 atom stereocenters. The second-order valence-electron chi connectivity index (χ2n) is 4.89. The monoisotopic (exact) mass is 206 g/mol. The van der Waals surface area contributed by atoms with Gasteiger partial charge in [-0.15, -0.1) is 0 Å². The van der Waals surface area contributed by atoms with Crippen LogP contribution in [0, 0.1) is 5.41 Å². The summed E-state index contributed by atoms with van der Waals surface area (Å²) in [5.41, 5.74) is -0.275. The highest BCUT2D eigenvalue weighted by Crippen LogP contribution is 2.23. The minimum Gasteiger partial charge on any atom is -0.299 e. The van der Waals surface area contributed by atoms with E-state index in [0.29, 0.717) is 6.42 Å². The van der Waals surface area contributed by atoms with Crippen molar-refractivity contribution in [3.05, 3.63) is 24.3 Å². The molecule has 0 aliphatic heterocycles. The van der Waals surface area contributed by atoms with Crippen LogP contribution in [0.5, 0.6) is 0 Å². The molecule has 3 heteroatoms. The zero-order chi connectivity index (χ0) is 11.5. The fraction of sp³-hybridized carbons (Fsp3) is 0.583. The Kier molecular flexibility index (Phi) is 3.56. The van der Waals surface area contributed by atoms with Crippen molar-refractivity contribution in [2.75, 3.05) is 0 Å². The molecule has 0 N–H and O–H groups in total. The number of rotatable bonds is 3. The van der Waals surface area contributed by atoms with E-state index in [1.807, 2.05) is 27.7 Å². The summed E-state index contributed by atoms with van der Waals surface area (Å²) >= 11 is 0. The molecule has 82 valence electrons. The molecule has 0 bridgehead atoms. The molecule has 1 aromatic heterocycles. The van der Waals surface area contributed by atoms with E-state index < -0.39 is 0 Å². The van der Waals surface area contributed by atoms with Gasteiger partial charge in [0.25, 0.3) is 0 Å². The van der Waals surface area contributed by atoms with Crippen LogP contribution in [0.1, 0.15) is 45.9 Å². The van der Waals surface area contributed by atoms with Gasteiger partial charge in [0, 0.05) is 30.1 Å². The second kappa shape index (κ2) is 4.51. The van der Waals surface area contributed by atoms with Crippen LogP contribution in [0.2, 0.25) is 0 Å². The van der Waals surface area contributed by atoms with Gasteiger partial charge >= 0.3 is 0 Å². The lowest BCUT2D eigenvalue weighted by molar-refractivity contribution is -0.126. The van der Waals surface area contributed by atoms with Gasteiger partial charge in [-0.25, -0.2) is 9.97 Å². The molecule has 0 aliphatic rings. The predicted molar refractivity (Wildman–Crippen MR) is 59.5 cm³/mol. The maximum Gasteiger partial charge on any atom is 0.138 e. The first-order valence-electron chi connectivity index (χ1n) is 5.21. The zero-order valence-corrected chi connectivity index (χ0v) is 9.82. The standard InChI is InChI=1S/C12H18N2O/c1-9(8-10(15)12(2,3)4)11-13-6-5-7-14-11/h5-7,9H,8H2,1-4H3. The van der Waals surface area contributed by atoms with Gasteiger partial charge in [0.2, 0.25) is 0 Å². The van der Waals surface area contributed by atoms with E-state index in [-0.39, 0.29) is 17.1 Å². The largest absolute Gasteiger partial charge is 0.299 e. The first-order valence-corrected chi connectivity index (χ1v) is 5.21. The quantitative estimate of drug-likeness (QED) is 0.763. The molecular formula is C12H18N2O. The Bertz CT molecular complexity index is 327. The highest BCUT2D eigenvalue weighted by Gasteiger charge is 2.24. The van der Waals surface area contributed by atoms with Crippen LogP contribution in [0.15, 0.2) is 18.5 Å². The summed E-state index contributed by atoms with van der Waals surface area (Å²) in [6.07, 6.45) is 3.92. The third-order valence-corrected chi connectivity index (χ3v) is 2.35. The Morgan fingerprint density at radius 2 is 1.87 bits per heavy atom. The summed E-state index contributed by atoms with van der Waals surface area (Å²) in [5.74, 6) is 1.09. The van der Waals surface area contributed by atoms with Crippen LogP contribution in [0.4, 0.5) is 0 Å². The average Bonchev–Trinajstić information content (AvgIpc) is 2.17. The highest BCUT2D eigenvalue weighted by molar-refractivity contribution is 5.84. The number of carbonyl (C=O) groups excluding carboxylic acids is 1. The molecule has 0 spiro atoms. The van der Waals surface area contributed by atoms with Crippen molar-refractivity contribution >= 4 is 5.78 Å². The number of carbonyl (C=O) groups is 1. The Labute approximate surface area is 91.0 Å². The third-order valence-electron chi connectivity index (χ3n) is 2.35. The summed E-state index contributed by atoms with van der Waals surface area (Å²) in [5, 5.41) is 0. The Morgan fingerprint density at radius 3 is 2.33 bits per heavy atom. The fourth-order valence-electron chi connectivity index (χ4n) is 1.24. The molecule has 0 fully saturated rings. The molecular weight excluding hydrogens is 188 g/mol. The van der Waals surface area contributed by atoms with Crippen LogP contribution < -0.4 is 0 Å². The lowest BCUT2D eigenvalue weighted by Gasteiger charge is -2.18. The molecule has 15 heavy (non-hydrogen) atoms. The van der Waals surface area contributed by atoms with Crippen molar-refractivity contribution in [3.8, 4) is 0 Å². The first-order chi connectivity index (χ1) is 6.91. The number of hydrogen-bond acceptors (Lipinski definition) is 3. The predicted octanol–water partition coefficient (Wildman–Crippen LogP) is 2.59. The minimum absolute atomic E-state index is 0.0953. The third kappa shape index (κ3) is 3.42. The zero-order valence-electron chi connectivity index (χ0n) is 9.82. The van der Waals surface area contributed by atoms with Gasteiger partial charge in [-0.05, 0) is 6.07 Å². The van der Waals surface area contributed by atoms with E-state index in [4.69, 9.17) is 0 Å². The van der Waals surface area contributed by atoms with Crippen molar-refractivity contribution in [1.29, 1.82) is 0 Å². The lowest BCUT2D eigenvalue weighted by atomic mass is 9.85. The van der Waals surface area contributed by atoms with Crippen molar-refractivity contribution in [1.82, 2.24) is 9.97 Å². The Morgan fingerprint density at radius 1 is 1.33 bits per heavy atom. The molecule has 1 rings (SSSR count). The van der Waals surface area contributed by atoms with Crippen molar-refractivity contribution in [2.24, 2.45) is 5.41 Å². The summed E-state index contributed by atoms with van der Waals surface area (Å²) in [4.78, 5) is 20.1. The Hall–Kier alpha value is -1.25. The lowest BCUT2D eigenvalue weighted by Crippen LogP contribution is -2.22. The molecule has 1 heterocycles. The van der Waals surface area contributed by atoms with Gasteiger partial charge in [-0.3, -0.25) is 4.79 Å². The summed E-state index contributed by atoms with van der Waals surface area (Å²) in [7, 11) is 0. The molecule has 3 nitrogen and oxygen atoms in total. The van der Waals surface area contributed by atoms with Crippen LogP contribution in [0.3, 0.4) is 0 Å². The molecule has 0 amide bonds. The number of nitrogens with zero attached hydrogens (tertiary/aromatic N) is 2. The summed E-state index contributed by atoms with van der Waals surface area (Å²) in [6.45, 7) is 7.80. The molecule has 1 unspecified atom stereocenters. The van der Waals surface area contributed by atoms with Gasteiger partial charge in [-0.1, -0.05) is 27.7 Å². The molecule has 0 aromatic carbocycles. The summed E-state index contributed by atoms with van der Waals surface area (Å²) in [6, 6.07) is 1.78. The molecule has 0 radical (unpaired) electrons. The number of hydrogen-bond donors (Lipinski definition) is 0. The first kappa shape index (κ1) is 11.8. The van der Waals surface area contributed by atoms with E-state index in [1.54, 1.807) is 18.5 Å². The van der Waals surface area contributed by atoms with E-state index in [2.05, 4.69) is 9.97 Å². The van der Waals surface area contributed by atoms with Crippen LogP contribution >= 0.6 is 0 Å². The van der Waals surface area contributed by atoms with Crippen LogP contribution in [0.25, 0.3) is 0 Å². The van der Waals surface area contributed by atoms with Gasteiger partial charge in [-0.2, -0.15) is 0 Å².